The Bertz CT molecular complexity index is 516. The van der Waals surface area contributed by atoms with Gasteiger partial charge in [0.2, 0.25) is 0 Å². The molecule has 3 heteroatoms. The predicted octanol–water partition coefficient (Wildman–Crippen LogP) is 2.62. The van der Waals surface area contributed by atoms with Crippen molar-refractivity contribution in [2.24, 2.45) is 0 Å². The van der Waals surface area contributed by atoms with Crippen molar-refractivity contribution in [3.63, 3.8) is 0 Å². The van der Waals surface area contributed by atoms with Crippen molar-refractivity contribution in [2.75, 3.05) is 7.05 Å². The van der Waals surface area contributed by atoms with Gasteiger partial charge in [-0.1, -0.05) is 22.0 Å². The molecule has 0 amide bonds. The summed E-state index contributed by atoms with van der Waals surface area (Å²) in [6.07, 6.45) is 2.27. The second-order valence-electron chi connectivity index (χ2n) is 4.17. The van der Waals surface area contributed by atoms with Crippen LogP contribution in [-0.2, 0) is 12.8 Å². The molecule has 2 nitrogen and oxygen atoms in total. The Morgan fingerprint density at radius 3 is 3.07 bits per heavy atom. The van der Waals surface area contributed by atoms with Crippen molar-refractivity contribution in [1.82, 2.24) is 10.3 Å². The zero-order chi connectivity index (χ0) is 10.4. The summed E-state index contributed by atoms with van der Waals surface area (Å²) in [5, 5.41) is 4.72. The van der Waals surface area contributed by atoms with Gasteiger partial charge in [0.05, 0.1) is 0 Å². The van der Waals surface area contributed by atoms with Crippen LogP contribution in [0.4, 0.5) is 0 Å². The quantitative estimate of drug-likeness (QED) is 0.815. The Kier molecular flexibility index (Phi) is 2.11. The lowest BCUT2D eigenvalue weighted by molar-refractivity contribution is 0.591. The number of rotatable bonds is 1. The fourth-order valence-corrected chi connectivity index (χ4v) is 2.82. The van der Waals surface area contributed by atoms with E-state index in [4.69, 9.17) is 0 Å². The maximum absolute atomic E-state index is 3.51. The van der Waals surface area contributed by atoms with E-state index in [0.29, 0.717) is 6.04 Å². The summed E-state index contributed by atoms with van der Waals surface area (Å²) in [7, 11) is 2.04. The minimum absolute atomic E-state index is 0.610. The SMILES string of the molecule is CNC1Cc2[nH]c3cc(Br)ccc3c2C1. The van der Waals surface area contributed by atoms with Gasteiger partial charge < -0.3 is 10.3 Å². The fourth-order valence-electron chi connectivity index (χ4n) is 2.46. The molecule has 1 atom stereocenters. The Balaban J connectivity index is 2.15. The molecule has 1 heterocycles. The summed E-state index contributed by atoms with van der Waals surface area (Å²) in [6.45, 7) is 0. The van der Waals surface area contributed by atoms with Crippen LogP contribution in [0.2, 0.25) is 0 Å². The van der Waals surface area contributed by atoms with Gasteiger partial charge in [-0.3, -0.25) is 0 Å². The van der Waals surface area contributed by atoms with Crippen molar-refractivity contribution in [2.45, 2.75) is 18.9 Å². The van der Waals surface area contributed by atoms with E-state index in [1.807, 2.05) is 7.05 Å². The molecule has 0 fully saturated rings. The Morgan fingerprint density at radius 1 is 1.40 bits per heavy atom. The third-order valence-electron chi connectivity index (χ3n) is 3.27. The molecular formula is C12H13BrN2. The van der Waals surface area contributed by atoms with Gasteiger partial charge in [-0.15, -0.1) is 0 Å². The normalized spacial score (nSPS) is 19.7. The monoisotopic (exact) mass is 264 g/mol. The summed E-state index contributed by atoms with van der Waals surface area (Å²) in [5.41, 5.74) is 4.16. The molecule has 0 radical (unpaired) electrons. The summed E-state index contributed by atoms with van der Waals surface area (Å²) < 4.78 is 1.14. The average molecular weight is 265 g/mol. The number of H-pyrrole nitrogens is 1. The number of halogens is 1. The molecule has 2 N–H and O–H groups in total. The number of fused-ring (bicyclic) bond motifs is 3. The highest BCUT2D eigenvalue weighted by molar-refractivity contribution is 9.10. The highest BCUT2D eigenvalue weighted by Crippen LogP contribution is 2.31. The maximum atomic E-state index is 3.51. The number of aromatic amines is 1. The molecule has 0 spiro atoms. The highest BCUT2D eigenvalue weighted by Gasteiger charge is 2.23. The van der Waals surface area contributed by atoms with E-state index in [2.05, 4.69) is 44.4 Å². The van der Waals surface area contributed by atoms with Crippen molar-refractivity contribution in [3.8, 4) is 0 Å². The third-order valence-corrected chi connectivity index (χ3v) is 3.76. The van der Waals surface area contributed by atoms with Crippen LogP contribution < -0.4 is 5.32 Å². The molecule has 0 saturated heterocycles. The van der Waals surface area contributed by atoms with E-state index in [1.165, 1.54) is 22.2 Å². The van der Waals surface area contributed by atoms with Crippen LogP contribution in [-0.4, -0.2) is 18.1 Å². The number of hydrogen-bond acceptors (Lipinski definition) is 1. The van der Waals surface area contributed by atoms with Crippen LogP contribution in [0.25, 0.3) is 10.9 Å². The fraction of sp³-hybridized carbons (Fsp3) is 0.333. The van der Waals surface area contributed by atoms with Crippen molar-refractivity contribution in [3.05, 3.63) is 33.9 Å². The topological polar surface area (TPSA) is 27.8 Å². The first kappa shape index (κ1) is 9.43. The van der Waals surface area contributed by atoms with E-state index < -0.39 is 0 Å². The summed E-state index contributed by atoms with van der Waals surface area (Å²) in [4.78, 5) is 3.51. The van der Waals surface area contributed by atoms with Crippen LogP contribution in [0, 0.1) is 0 Å². The lowest BCUT2D eigenvalue weighted by Crippen LogP contribution is -2.25. The molecule has 15 heavy (non-hydrogen) atoms. The number of nitrogens with one attached hydrogen (secondary N) is 2. The third kappa shape index (κ3) is 1.42. The largest absolute Gasteiger partial charge is 0.358 e. The lowest BCUT2D eigenvalue weighted by Gasteiger charge is -2.06. The molecule has 3 rings (SSSR count). The van der Waals surface area contributed by atoms with E-state index >= 15 is 0 Å². The van der Waals surface area contributed by atoms with Crippen LogP contribution in [0.15, 0.2) is 22.7 Å². The predicted molar refractivity (Wildman–Crippen MR) is 66.3 cm³/mol. The number of aromatic nitrogens is 1. The molecule has 78 valence electrons. The van der Waals surface area contributed by atoms with Crippen LogP contribution in [0.3, 0.4) is 0 Å². The molecule has 0 bridgehead atoms. The van der Waals surface area contributed by atoms with Crippen LogP contribution >= 0.6 is 15.9 Å². The summed E-state index contributed by atoms with van der Waals surface area (Å²) >= 11 is 3.50. The Morgan fingerprint density at radius 2 is 2.27 bits per heavy atom. The van der Waals surface area contributed by atoms with Crippen LogP contribution in [0.1, 0.15) is 11.3 Å². The summed E-state index contributed by atoms with van der Waals surface area (Å²) in [6, 6.07) is 7.08. The Hall–Kier alpha value is -0.800. The van der Waals surface area contributed by atoms with Gasteiger partial charge in [-0.25, -0.2) is 0 Å². The Labute approximate surface area is 97.2 Å². The number of benzene rings is 1. The van der Waals surface area contributed by atoms with E-state index in [9.17, 15) is 0 Å². The molecular weight excluding hydrogens is 252 g/mol. The molecule has 1 unspecified atom stereocenters. The minimum atomic E-state index is 0.610. The van der Waals surface area contributed by atoms with Gasteiger partial charge in [0.25, 0.3) is 0 Å². The van der Waals surface area contributed by atoms with Gasteiger partial charge in [-0.2, -0.15) is 0 Å². The van der Waals surface area contributed by atoms with Crippen molar-refractivity contribution >= 4 is 26.8 Å². The van der Waals surface area contributed by atoms with E-state index in [-0.39, 0.29) is 0 Å². The zero-order valence-corrected chi connectivity index (χ0v) is 10.2. The highest BCUT2D eigenvalue weighted by atomic mass is 79.9. The molecule has 0 aliphatic heterocycles. The lowest BCUT2D eigenvalue weighted by atomic mass is 10.1. The first-order valence-electron chi connectivity index (χ1n) is 5.24. The molecule has 1 aromatic carbocycles. The second kappa shape index (κ2) is 3.35. The van der Waals surface area contributed by atoms with E-state index in [1.54, 1.807) is 0 Å². The number of likely N-dealkylation sites (N-methyl/N-ethyl adjacent to an activating group) is 1. The first-order chi connectivity index (χ1) is 7.28. The minimum Gasteiger partial charge on any atom is -0.358 e. The van der Waals surface area contributed by atoms with Gasteiger partial charge in [0.15, 0.2) is 0 Å². The van der Waals surface area contributed by atoms with Gasteiger partial charge in [-0.05, 0) is 31.2 Å². The zero-order valence-electron chi connectivity index (χ0n) is 8.60. The molecule has 1 aromatic heterocycles. The van der Waals surface area contributed by atoms with Crippen molar-refractivity contribution < 1.29 is 0 Å². The second-order valence-corrected chi connectivity index (χ2v) is 5.08. The van der Waals surface area contributed by atoms with Gasteiger partial charge in [0, 0.05) is 33.5 Å². The molecule has 2 aromatic rings. The van der Waals surface area contributed by atoms with Crippen molar-refractivity contribution in [1.29, 1.82) is 0 Å². The maximum Gasteiger partial charge on any atom is 0.0470 e. The number of hydrogen-bond donors (Lipinski definition) is 2. The standard InChI is InChI=1S/C12H13BrN2/c1-14-8-5-10-9-3-2-7(13)4-11(9)15-12(10)6-8/h2-4,8,14-15H,5-6H2,1H3. The summed E-state index contributed by atoms with van der Waals surface area (Å²) in [5.74, 6) is 0. The van der Waals surface area contributed by atoms with E-state index in [0.717, 1.165) is 17.3 Å². The average Bonchev–Trinajstić information content (AvgIpc) is 2.73. The van der Waals surface area contributed by atoms with Gasteiger partial charge in [0.1, 0.15) is 0 Å². The molecule has 1 aliphatic rings. The van der Waals surface area contributed by atoms with Gasteiger partial charge >= 0.3 is 0 Å². The molecule has 0 saturated carbocycles. The molecule has 1 aliphatic carbocycles. The first-order valence-corrected chi connectivity index (χ1v) is 6.03. The van der Waals surface area contributed by atoms with Crippen LogP contribution in [0.5, 0.6) is 0 Å². The smallest absolute Gasteiger partial charge is 0.0470 e.